The number of amides is 2. The number of likely N-dealkylation sites (tertiary alicyclic amines) is 1. The Kier molecular flexibility index (Phi) is 6.33. The molecule has 2 heterocycles. The molecular weight excluding hydrogens is 376 g/mol. The fraction of sp³-hybridized carbons (Fsp3) is 0.417. The molecule has 0 aromatic heterocycles. The molecule has 2 aromatic rings. The molecule has 2 aliphatic rings. The van der Waals surface area contributed by atoms with Crippen molar-refractivity contribution in [3.05, 3.63) is 65.2 Å². The number of piperidine rings is 1. The number of nitrogens with two attached hydrogens (primary N) is 1. The first kappa shape index (κ1) is 20.4. The minimum absolute atomic E-state index is 0.0322. The zero-order valence-corrected chi connectivity index (χ0v) is 17.3. The third kappa shape index (κ3) is 4.82. The Morgan fingerprint density at radius 2 is 1.73 bits per heavy atom. The molecule has 0 unspecified atom stereocenters. The maximum Gasteiger partial charge on any atom is 0.251 e. The van der Waals surface area contributed by atoms with Crippen molar-refractivity contribution in [3.63, 3.8) is 0 Å². The monoisotopic (exact) mass is 406 g/mol. The van der Waals surface area contributed by atoms with Crippen LogP contribution in [0.1, 0.15) is 40.7 Å². The predicted molar refractivity (Wildman–Crippen MR) is 118 cm³/mol. The Labute approximate surface area is 178 Å². The fourth-order valence-electron chi connectivity index (χ4n) is 4.44. The van der Waals surface area contributed by atoms with Crippen molar-refractivity contribution >= 4 is 17.5 Å². The molecule has 158 valence electrons. The summed E-state index contributed by atoms with van der Waals surface area (Å²) in [6.07, 6.45) is 2.76. The van der Waals surface area contributed by atoms with Gasteiger partial charge in [0.25, 0.3) is 5.91 Å². The van der Waals surface area contributed by atoms with E-state index in [2.05, 4.69) is 39.4 Å². The summed E-state index contributed by atoms with van der Waals surface area (Å²) in [5.74, 6) is -0.274. The van der Waals surface area contributed by atoms with Gasteiger partial charge in [-0.1, -0.05) is 24.3 Å². The van der Waals surface area contributed by atoms with E-state index in [-0.39, 0.29) is 17.7 Å². The number of fused-ring (bicyclic) bond motifs is 1. The predicted octanol–water partition coefficient (Wildman–Crippen LogP) is 2.52. The second kappa shape index (κ2) is 9.30. The molecule has 4 rings (SSSR count). The molecule has 0 spiro atoms. The third-order valence-corrected chi connectivity index (χ3v) is 6.18. The number of benzene rings is 2. The molecule has 2 aliphatic heterocycles. The van der Waals surface area contributed by atoms with Crippen molar-refractivity contribution in [1.29, 1.82) is 0 Å². The summed E-state index contributed by atoms with van der Waals surface area (Å²) < 4.78 is 0. The molecule has 0 aliphatic carbocycles. The summed E-state index contributed by atoms with van der Waals surface area (Å²) in [5.41, 5.74) is 10.00. The van der Waals surface area contributed by atoms with Crippen molar-refractivity contribution in [2.24, 2.45) is 11.7 Å². The van der Waals surface area contributed by atoms with Crippen LogP contribution in [0.5, 0.6) is 0 Å². The summed E-state index contributed by atoms with van der Waals surface area (Å²) in [4.78, 5) is 28.4. The quantitative estimate of drug-likeness (QED) is 0.693. The van der Waals surface area contributed by atoms with Crippen LogP contribution >= 0.6 is 0 Å². The lowest BCUT2D eigenvalue weighted by molar-refractivity contribution is -0.123. The highest BCUT2D eigenvalue weighted by molar-refractivity contribution is 5.94. The number of rotatable bonds is 7. The summed E-state index contributed by atoms with van der Waals surface area (Å²) in [6.45, 7) is 5.06. The van der Waals surface area contributed by atoms with Crippen LogP contribution in [0, 0.1) is 5.92 Å². The normalized spacial score (nSPS) is 18.8. The van der Waals surface area contributed by atoms with Gasteiger partial charge < -0.3 is 20.9 Å². The minimum Gasteiger partial charge on any atom is -0.369 e. The topological polar surface area (TPSA) is 78.7 Å². The first-order chi connectivity index (χ1) is 14.6. The van der Waals surface area contributed by atoms with E-state index < -0.39 is 0 Å². The van der Waals surface area contributed by atoms with Gasteiger partial charge in [-0.05, 0) is 67.7 Å². The first-order valence-electron chi connectivity index (χ1n) is 10.8. The highest BCUT2D eigenvalue weighted by Gasteiger charge is 2.23. The van der Waals surface area contributed by atoms with Crippen LogP contribution < -0.4 is 16.0 Å². The van der Waals surface area contributed by atoms with Crippen molar-refractivity contribution in [3.8, 4) is 0 Å². The van der Waals surface area contributed by atoms with Gasteiger partial charge in [0.05, 0.1) is 5.92 Å². The number of hydrogen-bond acceptors (Lipinski definition) is 4. The van der Waals surface area contributed by atoms with Crippen LogP contribution in [0.2, 0.25) is 0 Å². The number of nitrogens with one attached hydrogen (secondary N) is 1. The maximum atomic E-state index is 12.4. The molecular formula is C24H30N4O2. The Morgan fingerprint density at radius 1 is 1.03 bits per heavy atom. The van der Waals surface area contributed by atoms with E-state index in [0.717, 1.165) is 57.7 Å². The van der Waals surface area contributed by atoms with E-state index in [4.69, 9.17) is 5.73 Å². The van der Waals surface area contributed by atoms with Crippen LogP contribution in [0.3, 0.4) is 0 Å². The zero-order valence-electron chi connectivity index (χ0n) is 17.3. The van der Waals surface area contributed by atoms with Gasteiger partial charge in [0.15, 0.2) is 0 Å². The lowest BCUT2D eigenvalue weighted by Gasteiger charge is -2.31. The van der Waals surface area contributed by atoms with Gasteiger partial charge in [0.2, 0.25) is 5.91 Å². The smallest absolute Gasteiger partial charge is 0.251 e. The van der Waals surface area contributed by atoms with E-state index in [9.17, 15) is 9.59 Å². The SMILES string of the molecule is NC(=O)[C@@H]1CCCN(CCCNC(=O)c2ccc(N3Cc4ccccc4C3)cc2)C1. The Bertz CT molecular complexity index is 871. The molecule has 3 N–H and O–H groups in total. The Balaban J connectivity index is 1.21. The summed E-state index contributed by atoms with van der Waals surface area (Å²) in [7, 11) is 0. The molecule has 2 aromatic carbocycles. The van der Waals surface area contributed by atoms with Crippen LogP contribution in [-0.2, 0) is 17.9 Å². The van der Waals surface area contributed by atoms with Crippen LogP contribution in [0.15, 0.2) is 48.5 Å². The van der Waals surface area contributed by atoms with Crippen molar-refractivity contribution in [1.82, 2.24) is 10.2 Å². The van der Waals surface area contributed by atoms with E-state index in [1.165, 1.54) is 11.1 Å². The van der Waals surface area contributed by atoms with Gasteiger partial charge in [-0.25, -0.2) is 0 Å². The van der Waals surface area contributed by atoms with Crippen LogP contribution in [0.25, 0.3) is 0 Å². The molecule has 0 radical (unpaired) electrons. The largest absolute Gasteiger partial charge is 0.369 e. The number of carbonyl (C=O) groups excluding carboxylic acids is 2. The molecule has 2 amide bonds. The standard InChI is InChI=1S/C24H30N4O2/c25-23(29)21-7-3-13-27(15-21)14-4-12-26-24(30)18-8-10-22(11-9-18)28-16-19-5-1-2-6-20(19)17-28/h1-2,5-6,8-11,21H,3-4,7,12-17H2,(H2,25,29)(H,26,30)/t21-/m1/s1. The van der Waals surface area contributed by atoms with Gasteiger partial charge in [0.1, 0.15) is 0 Å². The second-order valence-electron chi connectivity index (χ2n) is 8.32. The van der Waals surface area contributed by atoms with Crippen LogP contribution in [0.4, 0.5) is 5.69 Å². The van der Waals surface area contributed by atoms with Crippen molar-refractivity contribution < 1.29 is 9.59 Å². The molecule has 30 heavy (non-hydrogen) atoms. The number of anilines is 1. The molecule has 0 saturated carbocycles. The highest BCUT2D eigenvalue weighted by Crippen LogP contribution is 2.28. The lowest BCUT2D eigenvalue weighted by Crippen LogP contribution is -2.42. The second-order valence-corrected chi connectivity index (χ2v) is 8.32. The maximum absolute atomic E-state index is 12.4. The number of primary amides is 1. The number of carbonyl (C=O) groups is 2. The summed E-state index contributed by atoms with van der Waals surface area (Å²) >= 11 is 0. The molecule has 1 saturated heterocycles. The fourth-order valence-corrected chi connectivity index (χ4v) is 4.44. The third-order valence-electron chi connectivity index (χ3n) is 6.18. The Morgan fingerprint density at radius 3 is 2.40 bits per heavy atom. The molecule has 6 nitrogen and oxygen atoms in total. The van der Waals surface area contributed by atoms with E-state index in [0.29, 0.717) is 12.1 Å². The van der Waals surface area contributed by atoms with Gasteiger partial charge in [-0.2, -0.15) is 0 Å². The summed E-state index contributed by atoms with van der Waals surface area (Å²) in [6, 6.07) is 16.4. The average molecular weight is 407 g/mol. The van der Waals surface area contributed by atoms with Gasteiger partial charge in [0, 0.05) is 37.4 Å². The van der Waals surface area contributed by atoms with E-state index in [1.807, 2.05) is 24.3 Å². The van der Waals surface area contributed by atoms with Gasteiger partial charge >= 0.3 is 0 Å². The van der Waals surface area contributed by atoms with Gasteiger partial charge in [-0.15, -0.1) is 0 Å². The number of nitrogens with zero attached hydrogens (tertiary/aromatic N) is 2. The molecule has 6 heteroatoms. The first-order valence-corrected chi connectivity index (χ1v) is 10.8. The van der Waals surface area contributed by atoms with E-state index in [1.54, 1.807) is 0 Å². The van der Waals surface area contributed by atoms with Gasteiger partial charge in [-0.3, -0.25) is 9.59 Å². The summed E-state index contributed by atoms with van der Waals surface area (Å²) in [5, 5.41) is 3.00. The Hall–Kier alpha value is -2.86. The van der Waals surface area contributed by atoms with Crippen molar-refractivity contribution in [2.75, 3.05) is 31.1 Å². The molecule has 1 fully saturated rings. The van der Waals surface area contributed by atoms with Crippen molar-refractivity contribution in [2.45, 2.75) is 32.4 Å². The average Bonchev–Trinajstić information content (AvgIpc) is 3.21. The number of hydrogen-bond donors (Lipinski definition) is 2. The van der Waals surface area contributed by atoms with E-state index >= 15 is 0 Å². The molecule has 1 atom stereocenters. The van der Waals surface area contributed by atoms with Crippen LogP contribution in [-0.4, -0.2) is 42.9 Å². The highest BCUT2D eigenvalue weighted by atomic mass is 16.2. The lowest BCUT2D eigenvalue weighted by atomic mass is 9.97. The molecule has 0 bridgehead atoms. The zero-order chi connectivity index (χ0) is 20.9. The minimum atomic E-state index is -0.200.